The lowest BCUT2D eigenvalue weighted by Crippen LogP contribution is -2.45. The van der Waals surface area contributed by atoms with Crippen LogP contribution in [0.2, 0.25) is 0 Å². The van der Waals surface area contributed by atoms with Gasteiger partial charge in [-0.1, -0.05) is 321 Å². The molecule has 0 radical (unpaired) electrons. The molecule has 0 fully saturated rings. The Kier molecular flexibility index (Phi) is 64.4. The van der Waals surface area contributed by atoms with E-state index >= 15 is 0 Å². The Hall–Kier alpha value is -1.66. The highest BCUT2D eigenvalue weighted by Crippen LogP contribution is 2.19. The Bertz CT molecular complexity index is 1190. The van der Waals surface area contributed by atoms with Gasteiger partial charge in [-0.15, -0.1) is 0 Å². The second-order valence-electron chi connectivity index (χ2n) is 23.9. The molecule has 0 spiro atoms. The predicted octanol–water partition coefficient (Wildman–Crippen LogP) is 22.1. The predicted molar refractivity (Wildman–Crippen MR) is 333 cm³/mol. The third kappa shape index (κ3) is 61.6. The molecule has 0 aliphatic rings. The van der Waals surface area contributed by atoms with Gasteiger partial charge < -0.3 is 20.3 Å². The van der Waals surface area contributed by atoms with E-state index in [4.69, 9.17) is 4.74 Å². The number of hydrogen-bond donors (Lipinski definition) is 3. The summed E-state index contributed by atoms with van der Waals surface area (Å²) in [5.74, 6) is -0.0248. The van der Waals surface area contributed by atoms with Crippen LogP contribution in [-0.2, 0) is 14.3 Å². The molecule has 6 heteroatoms. The number of esters is 1. The summed E-state index contributed by atoms with van der Waals surface area (Å²) < 4.78 is 5.47. The van der Waals surface area contributed by atoms with Gasteiger partial charge in [-0.05, 0) is 77.0 Å². The monoisotopic (exact) mass is 1070 g/mol. The quantitative estimate of drug-likeness (QED) is 0.0320. The molecule has 2 atom stereocenters. The summed E-state index contributed by atoms with van der Waals surface area (Å²) in [5.41, 5.74) is 0. The largest absolute Gasteiger partial charge is 0.466 e. The van der Waals surface area contributed by atoms with Crippen LogP contribution in [0.4, 0.5) is 0 Å². The van der Waals surface area contributed by atoms with Gasteiger partial charge in [-0.2, -0.15) is 0 Å². The number of nitrogens with one attached hydrogen (secondary N) is 1. The first-order valence-corrected chi connectivity index (χ1v) is 34.6. The standard InChI is InChI=1S/C70H135NO5/c1-3-5-7-9-11-13-15-17-18-19-30-33-36-39-42-46-50-54-58-62-68(73)67(66-72)71-69(74)63-59-55-51-47-43-40-37-34-31-28-26-24-22-20-21-23-25-27-29-32-35-38-41-45-49-53-57-61-65-76-70(75)64-60-56-52-48-44-16-14-12-10-8-6-4-2/h12,14,20-21,67-68,72-73H,3-11,13,15-19,22-66H2,1-2H3,(H,71,74)/b14-12-,21-20-. The van der Waals surface area contributed by atoms with Crippen molar-refractivity contribution in [2.45, 2.75) is 398 Å². The number of aliphatic hydroxyl groups excluding tert-OH is 2. The molecule has 3 N–H and O–H groups in total. The molecule has 0 aromatic heterocycles. The van der Waals surface area contributed by atoms with Crippen LogP contribution in [-0.4, -0.2) is 47.4 Å². The highest BCUT2D eigenvalue weighted by molar-refractivity contribution is 5.76. The molecule has 0 bridgehead atoms. The lowest BCUT2D eigenvalue weighted by Gasteiger charge is -2.22. The summed E-state index contributed by atoms with van der Waals surface area (Å²) >= 11 is 0. The van der Waals surface area contributed by atoms with E-state index in [1.165, 1.54) is 308 Å². The maximum absolute atomic E-state index is 12.5. The van der Waals surface area contributed by atoms with E-state index in [9.17, 15) is 19.8 Å². The molecule has 0 rings (SSSR count). The van der Waals surface area contributed by atoms with Gasteiger partial charge in [0.1, 0.15) is 0 Å². The van der Waals surface area contributed by atoms with Gasteiger partial charge in [-0.3, -0.25) is 9.59 Å². The molecule has 1 amide bonds. The van der Waals surface area contributed by atoms with Gasteiger partial charge in [0.2, 0.25) is 5.91 Å². The van der Waals surface area contributed by atoms with Crippen molar-refractivity contribution in [2.24, 2.45) is 0 Å². The average Bonchev–Trinajstić information content (AvgIpc) is 3.42. The number of unbranched alkanes of at least 4 members (excludes halogenated alkanes) is 50. The number of rotatable bonds is 65. The van der Waals surface area contributed by atoms with Crippen molar-refractivity contribution >= 4 is 11.9 Å². The van der Waals surface area contributed by atoms with E-state index in [1.807, 2.05) is 0 Å². The first-order chi connectivity index (χ1) is 37.5. The Morgan fingerprint density at radius 3 is 0.961 bits per heavy atom. The summed E-state index contributed by atoms with van der Waals surface area (Å²) in [4.78, 5) is 24.6. The Labute approximate surface area is 475 Å². The third-order valence-corrected chi connectivity index (χ3v) is 16.2. The fourth-order valence-electron chi connectivity index (χ4n) is 10.9. The van der Waals surface area contributed by atoms with Crippen LogP contribution in [0.5, 0.6) is 0 Å². The van der Waals surface area contributed by atoms with E-state index in [0.717, 1.165) is 44.9 Å². The minimum Gasteiger partial charge on any atom is -0.466 e. The summed E-state index contributed by atoms with van der Waals surface area (Å²) in [6.07, 6.45) is 82.2. The van der Waals surface area contributed by atoms with Crippen LogP contribution in [0.1, 0.15) is 386 Å². The van der Waals surface area contributed by atoms with Crippen LogP contribution in [0, 0.1) is 0 Å². The molecule has 0 saturated heterocycles. The minimum atomic E-state index is -0.665. The van der Waals surface area contributed by atoms with Gasteiger partial charge >= 0.3 is 5.97 Å². The van der Waals surface area contributed by atoms with Gasteiger partial charge in [0, 0.05) is 12.8 Å². The van der Waals surface area contributed by atoms with Crippen molar-refractivity contribution in [3.05, 3.63) is 24.3 Å². The number of carbonyl (C=O) groups is 2. The third-order valence-electron chi connectivity index (χ3n) is 16.2. The molecule has 76 heavy (non-hydrogen) atoms. The Balaban J connectivity index is 3.38. The molecule has 0 aliphatic carbocycles. The van der Waals surface area contributed by atoms with Crippen molar-refractivity contribution in [1.82, 2.24) is 5.32 Å². The molecule has 0 saturated carbocycles. The zero-order chi connectivity index (χ0) is 55.0. The topological polar surface area (TPSA) is 95.9 Å². The number of aliphatic hydroxyl groups is 2. The summed E-state index contributed by atoms with van der Waals surface area (Å²) in [7, 11) is 0. The summed E-state index contributed by atoms with van der Waals surface area (Å²) in [6, 6.07) is -0.542. The number of carbonyl (C=O) groups excluding carboxylic acids is 2. The van der Waals surface area contributed by atoms with Crippen molar-refractivity contribution < 1.29 is 24.5 Å². The molecule has 0 aromatic rings. The second-order valence-corrected chi connectivity index (χ2v) is 23.9. The molecule has 6 nitrogen and oxygen atoms in total. The first kappa shape index (κ1) is 74.3. The molecule has 0 aromatic carbocycles. The maximum Gasteiger partial charge on any atom is 0.305 e. The zero-order valence-electron chi connectivity index (χ0n) is 51.5. The van der Waals surface area contributed by atoms with Crippen molar-refractivity contribution in [2.75, 3.05) is 13.2 Å². The molecule has 0 heterocycles. The van der Waals surface area contributed by atoms with Crippen LogP contribution >= 0.6 is 0 Å². The van der Waals surface area contributed by atoms with Crippen LogP contribution in [0.15, 0.2) is 24.3 Å². The number of amides is 1. The fraction of sp³-hybridized carbons (Fsp3) is 0.914. The normalized spacial score (nSPS) is 12.6. The van der Waals surface area contributed by atoms with Crippen LogP contribution < -0.4 is 5.32 Å². The van der Waals surface area contributed by atoms with Crippen molar-refractivity contribution in [3.63, 3.8) is 0 Å². The Morgan fingerprint density at radius 2 is 0.618 bits per heavy atom. The number of hydrogen-bond acceptors (Lipinski definition) is 5. The number of allylic oxidation sites excluding steroid dienone is 4. The van der Waals surface area contributed by atoms with Crippen LogP contribution in [0.3, 0.4) is 0 Å². The van der Waals surface area contributed by atoms with Crippen molar-refractivity contribution in [1.29, 1.82) is 0 Å². The number of ether oxygens (including phenoxy) is 1. The van der Waals surface area contributed by atoms with E-state index in [2.05, 4.69) is 43.5 Å². The highest BCUT2D eigenvalue weighted by atomic mass is 16.5. The molecular formula is C70H135NO5. The van der Waals surface area contributed by atoms with E-state index in [-0.39, 0.29) is 18.5 Å². The first-order valence-electron chi connectivity index (χ1n) is 34.6. The highest BCUT2D eigenvalue weighted by Gasteiger charge is 2.20. The van der Waals surface area contributed by atoms with E-state index in [1.54, 1.807) is 0 Å². The molecule has 0 aliphatic heterocycles. The summed E-state index contributed by atoms with van der Waals surface area (Å²) in [6.45, 7) is 4.96. The van der Waals surface area contributed by atoms with Gasteiger partial charge in [-0.25, -0.2) is 0 Å². The second kappa shape index (κ2) is 65.9. The van der Waals surface area contributed by atoms with Crippen LogP contribution in [0.25, 0.3) is 0 Å². The smallest absolute Gasteiger partial charge is 0.305 e. The van der Waals surface area contributed by atoms with Crippen molar-refractivity contribution in [3.8, 4) is 0 Å². The fourth-order valence-corrected chi connectivity index (χ4v) is 10.9. The SMILES string of the molecule is CCCCC/C=C\CCCCCCCC(=O)OCCCCCCCCCCCCCC/C=C\CCCCCCCCCCCCCCC(=O)NC(CO)C(O)CCCCCCCCCCCCCCCCCCCCC. The molecular weight excluding hydrogens is 935 g/mol. The molecule has 450 valence electrons. The average molecular weight is 1070 g/mol. The van der Waals surface area contributed by atoms with Gasteiger partial charge in [0.15, 0.2) is 0 Å². The zero-order valence-corrected chi connectivity index (χ0v) is 51.5. The summed E-state index contributed by atoms with van der Waals surface area (Å²) in [5, 5.41) is 23.4. The van der Waals surface area contributed by atoms with Gasteiger partial charge in [0.25, 0.3) is 0 Å². The lowest BCUT2D eigenvalue weighted by molar-refractivity contribution is -0.143. The lowest BCUT2D eigenvalue weighted by atomic mass is 10.0. The molecule has 2 unspecified atom stereocenters. The van der Waals surface area contributed by atoms with Gasteiger partial charge in [0.05, 0.1) is 25.4 Å². The Morgan fingerprint density at radius 1 is 0.355 bits per heavy atom. The van der Waals surface area contributed by atoms with E-state index < -0.39 is 12.1 Å². The maximum atomic E-state index is 12.5. The van der Waals surface area contributed by atoms with E-state index in [0.29, 0.717) is 25.9 Å². The minimum absolute atomic E-state index is 0.00627.